The van der Waals surface area contributed by atoms with Crippen molar-refractivity contribution in [3.8, 4) is 6.07 Å². The van der Waals surface area contributed by atoms with Crippen molar-refractivity contribution in [1.29, 1.82) is 5.26 Å². The number of nitrogens with one attached hydrogen (secondary N) is 1. The van der Waals surface area contributed by atoms with Crippen LogP contribution in [-0.4, -0.2) is 29.0 Å². The van der Waals surface area contributed by atoms with E-state index in [1.807, 2.05) is 6.07 Å². The third-order valence-electron chi connectivity index (χ3n) is 3.28. The molecule has 3 atom stereocenters. The van der Waals surface area contributed by atoms with Crippen LogP contribution in [0.25, 0.3) is 0 Å². The second-order valence-electron chi connectivity index (χ2n) is 4.74. The van der Waals surface area contributed by atoms with Gasteiger partial charge in [0.05, 0.1) is 11.3 Å². The molecule has 5 nitrogen and oxygen atoms in total. The molecular weight excluding hydrogens is 242 g/mol. The lowest BCUT2D eigenvalue weighted by Gasteiger charge is -2.17. The maximum absolute atomic E-state index is 10.2. The Labute approximate surface area is 113 Å². The highest BCUT2D eigenvalue weighted by molar-refractivity contribution is 5.27. The third kappa shape index (κ3) is 3.51. The lowest BCUT2D eigenvalue weighted by Crippen LogP contribution is -2.23. The molecule has 1 saturated heterocycles. The van der Waals surface area contributed by atoms with Gasteiger partial charge in [-0.15, -0.1) is 0 Å². The molecule has 1 aliphatic rings. The van der Waals surface area contributed by atoms with Gasteiger partial charge in [0, 0.05) is 12.7 Å². The van der Waals surface area contributed by atoms with Gasteiger partial charge in [-0.25, -0.2) is 0 Å². The average Bonchev–Trinajstić information content (AvgIpc) is 2.93. The van der Waals surface area contributed by atoms with Gasteiger partial charge in [-0.05, 0) is 25.0 Å². The Morgan fingerprint density at radius 2 is 2.47 bits per heavy atom. The van der Waals surface area contributed by atoms with Crippen LogP contribution in [0.5, 0.6) is 0 Å². The van der Waals surface area contributed by atoms with Gasteiger partial charge >= 0.3 is 0 Å². The van der Waals surface area contributed by atoms with Crippen LogP contribution in [0.2, 0.25) is 0 Å². The Hall–Kier alpha value is -1.48. The zero-order valence-corrected chi connectivity index (χ0v) is 11.0. The van der Waals surface area contributed by atoms with Gasteiger partial charge in [0.25, 0.3) is 0 Å². The first-order valence-electron chi connectivity index (χ1n) is 6.67. The largest absolute Gasteiger partial charge is 0.384 e. The van der Waals surface area contributed by atoms with E-state index >= 15 is 0 Å². The minimum atomic E-state index is -0.758. The van der Waals surface area contributed by atoms with E-state index in [1.54, 1.807) is 12.1 Å². The topological polar surface area (TPSA) is 78.2 Å². The molecular formula is C14H19N3O2. The lowest BCUT2D eigenvalue weighted by atomic mass is 10.1. The zero-order valence-electron chi connectivity index (χ0n) is 11.0. The zero-order chi connectivity index (χ0) is 13.7. The summed E-state index contributed by atoms with van der Waals surface area (Å²) in [6, 6.07) is 5.33. The van der Waals surface area contributed by atoms with E-state index in [9.17, 15) is 5.11 Å². The first-order chi connectivity index (χ1) is 9.24. The monoisotopic (exact) mass is 261 g/mol. The van der Waals surface area contributed by atoms with Crippen molar-refractivity contribution >= 4 is 0 Å². The summed E-state index contributed by atoms with van der Waals surface area (Å²) in [5, 5.41) is 22.2. The van der Waals surface area contributed by atoms with Crippen LogP contribution in [0.4, 0.5) is 0 Å². The van der Waals surface area contributed by atoms with E-state index in [-0.39, 0.29) is 12.3 Å². The number of aliphatic hydroxyl groups is 1. The summed E-state index contributed by atoms with van der Waals surface area (Å²) in [5.74, 6) is 0. The molecule has 2 rings (SSSR count). The van der Waals surface area contributed by atoms with Gasteiger partial charge in [-0.1, -0.05) is 13.3 Å². The Kier molecular flexibility index (Phi) is 4.86. The normalized spacial score (nSPS) is 24.1. The summed E-state index contributed by atoms with van der Waals surface area (Å²) in [7, 11) is 0. The fraction of sp³-hybridized carbons (Fsp3) is 0.571. The second kappa shape index (κ2) is 6.62. The van der Waals surface area contributed by atoms with Gasteiger partial charge in [-0.2, -0.15) is 5.26 Å². The van der Waals surface area contributed by atoms with Crippen LogP contribution >= 0.6 is 0 Å². The smallest absolute Gasteiger partial charge is 0.123 e. The molecule has 19 heavy (non-hydrogen) atoms. The Balaban J connectivity index is 1.93. The number of rotatable bonds is 5. The van der Waals surface area contributed by atoms with E-state index in [0.29, 0.717) is 17.8 Å². The highest BCUT2D eigenvalue weighted by Gasteiger charge is 2.31. The van der Waals surface area contributed by atoms with Crippen LogP contribution in [-0.2, 0) is 4.74 Å². The van der Waals surface area contributed by atoms with Crippen molar-refractivity contribution in [1.82, 2.24) is 10.3 Å². The maximum atomic E-state index is 10.2. The van der Waals surface area contributed by atoms with Crippen LogP contribution in [0, 0.1) is 11.3 Å². The molecule has 1 aromatic rings. The van der Waals surface area contributed by atoms with Crippen LogP contribution in [0.3, 0.4) is 0 Å². The number of hydrogen-bond donors (Lipinski definition) is 2. The van der Waals surface area contributed by atoms with Crippen molar-refractivity contribution in [2.45, 2.75) is 44.6 Å². The van der Waals surface area contributed by atoms with Crippen LogP contribution < -0.4 is 5.32 Å². The molecule has 0 amide bonds. The minimum absolute atomic E-state index is 0.0259. The van der Waals surface area contributed by atoms with Crippen molar-refractivity contribution in [3.63, 3.8) is 0 Å². The molecule has 1 aromatic heterocycles. The van der Waals surface area contributed by atoms with E-state index in [2.05, 4.69) is 17.2 Å². The Bertz CT molecular complexity index is 441. The van der Waals surface area contributed by atoms with Crippen molar-refractivity contribution in [3.05, 3.63) is 29.6 Å². The molecule has 0 saturated carbocycles. The predicted octanol–water partition coefficient (Wildman–Crippen LogP) is 1.49. The molecule has 0 bridgehead atoms. The van der Waals surface area contributed by atoms with E-state index < -0.39 is 6.10 Å². The molecule has 0 radical (unpaired) electrons. The summed E-state index contributed by atoms with van der Waals surface area (Å²) >= 11 is 0. The van der Waals surface area contributed by atoms with E-state index in [0.717, 1.165) is 19.3 Å². The highest BCUT2D eigenvalue weighted by atomic mass is 16.5. The van der Waals surface area contributed by atoms with Gasteiger partial charge in [0.2, 0.25) is 0 Å². The average molecular weight is 261 g/mol. The molecule has 0 aromatic carbocycles. The standard InChI is InChI=1S/C14H19N3O2/c1-2-3-4-13-17-9-12(19-13)14(18)11-6-5-10(7-15)8-16-11/h5-6,8,12-14,17-18H,2-4,9H2,1H3. The van der Waals surface area contributed by atoms with Crippen LogP contribution in [0.15, 0.2) is 18.3 Å². The van der Waals surface area contributed by atoms with Crippen molar-refractivity contribution in [2.75, 3.05) is 6.54 Å². The number of aliphatic hydroxyl groups excluding tert-OH is 1. The fourth-order valence-corrected chi connectivity index (χ4v) is 2.14. The number of nitrogens with zero attached hydrogens (tertiary/aromatic N) is 2. The molecule has 0 aliphatic carbocycles. The SMILES string of the molecule is CCCCC1NCC(C(O)c2ccc(C#N)cn2)O1. The number of aromatic nitrogens is 1. The first-order valence-corrected chi connectivity index (χ1v) is 6.67. The molecule has 3 unspecified atom stereocenters. The minimum Gasteiger partial charge on any atom is -0.384 e. The number of unbranched alkanes of at least 4 members (excludes halogenated alkanes) is 1. The fourth-order valence-electron chi connectivity index (χ4n) is 2.14. The number of nitriles is 1. The summed E-state index contributed by atoms with van der Waals surface area (Å²) < 4.78 is 5.77. The molecule has 2 N–H and O–H groups in total. The number of hydrogen-bond acceptors (Lipinski definition) is 5. The maximum Gasteiger partial charge on any atom is 0.123 e. The Morgan fingerprint density at radius 1 is 1.63 bits per heavy atom. The molecule has 1 aliphatic heterocycles. The molecule has 0 spiro atoms. The predicted molar refractivity (Wildman–Crippen MR) is 70.1 cm³/mol. The van der Waals surface area contributed by atoms with Gasteiger partial charge in [-0.3, -0.25) is 10.3 Å². The Morgan fingerprint density at radius 3 is 3.11 bits per heavy atom. The molecule has 102 valence electrons. The summed E-state index contributed by atoms with van der Waals surface area (Å²) in [5.41, 5.74) is 1.03. The lowest BCUT2D eigenvalue weighted by molar-refractivity contribution is -0.0381. The van der Waals surface area contributed by atoms with Crippen LogP contribution in [0.1, 0.15) is 43.5 Å². The summed E-state index contributed by atoms with van der Waals surface area (Å²) in [6.45, 7) is 2.76. The second-order valence-corrected chi connectivity index (χ2v) is 4.74. The quantitative estimate of drug-likeness (QED) is 0.839. The highest BCUT2D eigenvalue weighted by Crippen LogP contribution is 2.23. The first kappa shape index (κ1) is 13.9. The molecule has 2 heterocycles. The molecule has 1 fully saturated rings. The van der Waals surface area contributed by atoms with Crippen molar-refractivity contribution < 1.29 is 9.84 Å². The number of ether oxygens (including phenoxy) is 1. The van der Waals surface area contributed by atoms with Gasteiger partial charge in [0.15, 0.2) is 0 Å². The summed E-state index contributed by atoms with van der Waals surface area (Å²) in [6.07, 6.45) is 3.66. The molecule has 5 heteroatoms. The van der Waals surface area contributed by atoms with Crippen molar-refractivity contribution in [2.24, 2.45) is 0 Å². The number of pyridine rings is 1. The van der Waals surface area contributed by atoms with E-state index in [4.69, 9.17) is 10.00 Å². The van der Waals surface area contributed by atoms with Gasteiger partial charge in [0.1, 0.15) is 24.5 Å². The van der Waals surface area contributed by atoms with Gasteiger partial charge < -0.3 is 9.84 Å². The van der Waals surface area contributed by atoms with E-state index in [1.165, 1.54) is 6.20 Å². The third-order valence-corrected chi connectivity index (χ3v) is 3.28. The summed E-state index contributed by atoms with van der Waals surface area (Å²) in [4.78, 5) is 4.10.